The minimum Gasteiger partial charge on any atom is -0.469 e. The fourth-order valence-electron chi connectivity index (χ4n) is 3.45. The summed E-state index contributed by atoms with van der Waals surface area (Å²) in [4.78, 5) is 18.7. The van der Waals surface area contributed by atoms with Gasteiger partial charge in [0.2, 0.25) is 0 Å². The molecular formula is C20H30N4O2. The van der Waals surface area contributed by atoms with Crippen molar-refractivity contribution in [3.05, 3.63) is 48.4 Å². The van der Waals surface area contributed by atoms with Gasteiger partial charge in [0.25, 0.3) is 0 Å². The van der Waals surface area contributed by atoms with Crippen LogP contribution in [0.3, 0.4) is 0 Å². The van der Waals surface area contributed by atoms with E-state index < -0.39 is 0 Å². The second-order valence-corrected chi connectivity index (χ2v) is 6.77. The summed E-state index contributed by atoms with van der Waals surface area (Å²) in [5.41, 5.74) is 4.42. The lowest BCUT2D eigenvalue weighted by Gasteiger charge is -2.31. The van der Waals surface area contributed by atoms with Crippen molar-refractivity contribution >= 4 is 11.8 Å². The second-order valence-electron chi connectivity index (χ2n) is 6.77. The third kappa shape index (κ3) is 5.33. The average molecular weight is 358 g/mol. The van der Waals surface area contributed by atoms with Gasteiger partial charge in [-0.2, -0.15) is 0 Å². The number of carbonyl (C=O) groups excluding carboxylic acids is 1. The molecule has 0 amide bonds. The van der Waals surface area contributed by atoms with E-state index in [0.717, 1.165) is 24.0 Å². The van der Waals surface area contributed by atoms with Crippen molar-refractivity contribution in [3.63, 3.8) is 0 Å². The molecule has 1 aliphatic carbocycles. The van der Waals surface area contributed by atoms with Gasteiger partial charge >= 0.3 is 5.97 Å². The van der Waals surface area contributed by atoms with E-state index in [9.17, 15) is 4.79 Å². The number of rotatable bonds is 8. The molecule has 0 spiro atoms. The molecule has 1 aromatic heterocycles. The van der Waals surface area contributed by atoms with Crippen LogP contribution < -0.4 is 11.3 Å². The Morgan fingerprint density at radius 2 is 2.19 bits per heavy atom. The van der Waals surface area contributed by atoms with Gasteiger partial charge in [0.15, 0.2) is 0 Å². The van der Waals surface area contributed by atoms with E-state index in [1.807, 2.05) is 25.4 Å². The number of nitrogen functional groups attached to an aromatic ring is 1. The summed E-state index contributed by atoms with van der Waals surface area (Å²) in [5, 5.41) is 0. The highest BCUT2D eigenvalue weighted by molar-refractivity contribution is 5.76. The Morgan fingerprint density at radius 3 is 2.73 bits per heavy atom. The number of ether oxygens (including phenoxy) is 1. The van der Waals surface area contributed by atoms with E-state index in [0.29, 0.717) is 18.3 Å². The monoisotopic (exact) mass is 358 g/mol. The lowest BCUT2D eigenvalue weighted by atomic mass is 9.92. The summed E-state index contributed by atoms with van der Waals surface area (Å²) in [6.45, 7) is 5.93. The third-order valence-electron chi connectivity index (χ3n) is 5.01. The SMILES string of the molecule is C=CN(/C=C(\C)C(Cc1ccc(NN)nc1)C(=O)OC)C1CCCCC1. The molecular weight excluding hydrogens is 328 g/mol. The van der Waals surface area contributed by atoms with Crippen molar-refractivity contribution in [2.24, 2.45) is 11.8 Å². The Bertz CT molecular complexity index is 621. The molecule has 1 aliphatic rings. The Kier molecular flexibility index (Phi) is 7.66. The number of aromatic nitrogens is 1. The van der Waals surface area contributed by atoms with Crippen molar-refractivity contribution in [3.8, 4) is 0 Å². The minimum atomic E-state index is -0.357. The number of hydrogen-bond acceptors (Lipinski definition) is 6. The zero-order chi connectivity index (χ0) is 18.9. The Morgan fingerprint density at radius 1 is 1.46 bits per heavy atom. The maximum Gasteiger partial charge on any atom is 0.313 e. The first kappa shape index (κ1) is 20.0. The maximum absolute atomic E-state index is 12.4. The van der Waals surface area contributed by atoms with E-state index >= 15 is 0 Å². The fraction of sp³-hybridized carbons (Fsp3) is 0.500. The van der Waals surface area contributed by atoms with Gasteiger partial charge in [-0.25, -0.2) is 10.8 Å². The molecule has 6 heteroatoms. The minimum absolute atomic E-state index is 0.243. The quantitative estimate of drug-likeness (QED) is 0.421. The molecule has 1 atom stereocenters. The van der Waals surface area contributed by atoms with Crippen LogP contribution in [-0.4, -0.2) is 29.0 Å². The number of hydrazine groups is 1. The average Bonchev–Trinajstić information content (AvgIpc) is 2.70. The van der Waals surface area contributed by atoms with Crippen LogP contribution in [0.1, 0.15) is 44.6 Å². The second kappa shape index (κ2) is 9.97. The number of carbonyl (C=O) groups is 1. The molecule has 2 rings (SSSR count). The predicted molar refractivity (Wildman–Crippen MR) is 104 cm³/mol. The van der Waals surface area contributed by atoms with Crippen LogP contribution >= 0.6 is 0 Å². The molecule has 1 unspecified atom stereocenters. The lowest BCUT2D eigenvalue weighted by Crippen LogP contribution is -2.30. The Labute approximate surface area is 156 Å². The molecule has 3 N–H and O–H groups in total. The molecule has 1 saturated carbocycles. The molecule has 0 aliphatic heterocycles. The van der Waals surface area contributed by atoms with Gasteiger partial charge in [-0.15, -0.1) is 0 Å². The van der Waals surface area contributed by atoms with Crippen LogP contribution in [0.25, 0.3) is 0 Å². The van der Waals surface area contributed by atoms with Crippen molar-refractivity contribution < 1.29 is 9.53 Å². The molecule has 0 radical (unpaired) electrons. The van der Waals surface area contributed by atoms with Crippen molar-refractivity contribution in [2.75, 3.05) is 12.5 Å². The highest BCUT2D eigenvalue weighted by Gasteiger charge is 2.24. The van der Waals surface area contributed by atoms with Crippen LogP contribution in [0.15, 0.2) is 42.9 Å². The van der Waals surface area contributed by atoms with Crippen molar-refractivity contribution in [1.29, 1.82) is 0 Å². The van der Waals surface area contributed by atoms with Gasteiger partial charge in [-0.3, -0.25) is 4.79 Å². The number of anilines is 1. The first-order valence-electron chi connectivity index (χ1n) is 9.16. The van der Waals surface area contributed by atoms with Crippen molar-refractivity contribution in [1.82, 2.24) is 9.88 Å². The van der Waals surface area contributed by atoms with Crippen LogP contribution in [0.2, 0.25) is 0 Å². The smallest absolute Gasteiger partial charge is 0.313 e. The maximum atomic E-state index is 12.4. The molecule has 142 valence electrons. The van der Waals surface area contributed by atoms with Gasteiger partial charge in [-0.05, 0) is 49.6 Å². The summed E-state index contributed by atoms with van der Waals surface area (Å²) >= 11 is 0. The van der Waals surface area contributed by atoms with E-state index in [1.165, 1.54) is 26.4 Å². The zero-order valence-corrected chi connectivity index (χ0v) is 15.8. The standard InChI is InChI=1S/C20H30N4O2/c1-4-24(17-8-6-5-7-9-17)14-15(2)18(20(25)26-3)12-16-10-11-19(23-21)22-13-16/h4,10-11,13-14,17-18H,1,5-9,12,21H2,2-3H3,(H,22,23)/b15-14+. The Balaban J connectivity index is 2.17. The highest BCUT2D eigenvalue weighted by Crippen LogP contribution is 2.26. The van der Waals surface area contributed by atoms with E-state index in [2.05, 4.69) is 21.9 Å². The summed E-state index contributed by atoms with van der Waals surface area (Å²) in [6.07, 6.45) is 12.3. The molecule has 1 heterocycles. The summed E-state index contributed by atoms with van der Waals surface area (Å²) in [6, 6.07) is 4.17. The van der Waals surface area contributed by atoms with Gasteiger partial charge < -0.3 is 15.1 Å². The van der Waals surface area contributed by atoms with Crippen LogP contribution in [0, 0.1) is 5.92 Å². The molecule has 1 aromatic rings. The van der Waals surface area contributed by atoms with Crippen LogP contribution in [0.4, 0.5) is 5.82 Å². The van der Waals surface area contributed by atoms with Crippen LogP contribution in [0.5, 0.6) is 0 Å². The topological polar surface area (TPSA) is 80.5 Å². The van der Waals surface area contributed by atoms with E-state index in [1.54, 1.807) is 12.3 Å². The largest absolute Gasteiger partial charge is 0.469 e. The zero-order valence-electron chi connectivity index (χ0n) is 15.8. The summed E-state index contributed by atoms with van der Waals surface area (Å²) in [5.74, 6) is 5.34. The third-order valence-corrected chi connectivity index (χ3v) is 5.01. The number of nitrogens with one attached hydrogen (secondary N) is 1. The molecule has 0 saturated heterocycles. The summed E-state index contributed by atoms with van der Waals surface area (Å²) in [7, 11) is 1.43. The normalized spacial score (nSPS) is 16.7. The molecule has 6 nitrogen and oxygen atoms in total. The number of pyridine rings is 1. The first-order chi connectivity index (χ1) is 12.6. The Hall–Kier alpha value is -2.34. The fourth-order valence-corrected chi connectivity index (χ4v) is 3.45. The molecule has 0 aromatic carbocycles. The molecule has 0 bridgehead atoms. The first-order valence-corrected chi connectivity index (χ1v) is 9.16. The number of hydrogen-bond donors (Lipinski definition) is 2. The summed E-state index contributed by atoms with van der Waals surface area (Å²) < 4.78 is 5.03. The number of nitrogens with zero attached hydrogens (tertiary/aromatic N) is 2. The highest BCUT2D eigenvalue weighted by atomic mass is 16.5. The lowest BCUT2D eigenvalue weighted by molar-refractivity contribution is -0.144. The van der Waals surface area contributed by atoms with Gasteiger partial charge in [0.05, 0.1) is 13.0 Å². The van der Waals surface area contributed by atoms with E-state index in [-0.39, 0.29) is 11.9 Å². The number of methoxy groups -OCH3 is 1. The van der Waals surface area contributed by atoms with Gasteiger partial charge in [-0.1, -0.05) is 31.9 Å². The number of esters is 1. The van der Waals surface area contributed by atoms with Gasteiger partial charge in [0.1, 0.15) is 5.82 Å². The molecule has 1 fully saturated rings. The molecule has 26 heavy (non-hydrogen) atoms. The number of nitrogens with two attached hydrogens (primary N) is 1. The van der Waals surface area contributed by atoms with Crippen molar-refractivity contribution in [2.45, 2.75) is 51.5 Å². The van der Waals surface area contributed by atoms with E-state index in [4.69, 9.17) is 10.6 Å². The predicted octanol–water partition coefficient (Wildman–Crippen LogP) is 3.38. The van der Waals surface area contributed by atoms with Gasteiger partial charge in [0, 0.05) is 18.4 Å². The van der Waals surface area contributed by atoms with Crippen LogP contribution in [-0.2, 0) is 16.0 Å².